The molecule has 2 aromatic carbocycles. The van der Waals surface area contributed by atoms with Gasteiger partial charge in [0.25, 0.3) is 5.69 Å². The molecule has 4 unspecified atom stereocenters. The summed E-state index contributed by atoms with van der Waals surface area (Å²) in [6.45, 7) is 0. The summed E-state index contributed by atoms with van der Waals surface area (Å²) in [7, 11) is 0. The number of carboxylic acids is 1. The number of halogens is 3. The Bertz CT molecular complexity index is 1170. The number of aliphatic carboxylic acids is 1. The van der Waals surface area contributed by atoms with Gasteiger partial charge in [-0.2, -0.15) is 0 Å². The van der Waals surface area contributed by atoms with Gasteiger partial charge in [-0.05, 0) is 23.3 Å². The van der Waals surface area contributed by atoms with Gasteiger partial charge in [0, 0.05) is 29.6 Å². The van der Waals surface area contributed by atoms with E-state index >= 15 is 0 Å². The summed E-state index contributed by atoms with van der Waals surface area (Å²) in [4.78, 5) is 48.3. The van der Waals surface area contributed by atoms with Crippen molar-refractivity contribution in [3.8, 4) is 0 Å². The van der Waals surface area contributed by atoms with Crippen LogP contribution in [0.25, 0.3) is 0 Å². The van der Waals surface area contributed by atoms with Crippen LogP contribution in [-0.2, 0) is 20.8 Å². The summed E-state index contributed by atoms with van der Waals surface area (Å²) < 4.78 is 0. The van der Waals surface area contributed by atoms with E-state index in [9.17, 15) is 29.6 Å². The molecule has 2 aromatic rings. The van der Waals surface area contributed by atoms with Crippen LogP contribution >= 0.6 is 34.8 Å². The molecule has 0 aromatic heterocycles. The van der Waals surface area contributed by atoms with Crippen molar-refractivity contribution in [3.05, 3.63) is 72.7 Å². The molecule has 2 fully saturated rings. The Balaban J connectivity index is 1.82. The Morgan fingerprint density at radius 3 is 2.38 bits per heavy atom. The second-order valence-electron chi connectivity index (χ2n) is 7.65. The van der Waals surface area contributed by atoms with Gasteiger partial charge in [0.05, 0.1) is 26.8 Å². The Morgan fingerprint density at radius 2 is 1.78 bits per heavy atom. The molecule has 4 rings (SSSR count). The zero-order chi connectivity index (χ0) is 23.4. The topological polar surface area (TPSA) is 139 Å². The van der Waals surface area contributed by atoms with E-state index in [4.69, 9.17) is 34.8 Å². The molecule has 0 saturated carbocycles. The molecule has 12 heteroatoms. The summed E-state index contributed by atoms with van der Waals surface area (Å²) in [5, 5.41) is 26.7. The first-order valence-corrected chi connectivity index (χ1v) is 10.4. The van der Waals surface area contributed by atoms with E-state index in [0.29, 0.717) is 5.56 Å². The third-order valence-corrected chi connectivity index (χ3v) is 6.90. The van der Waals surface area contributed by atoms with E-state index in [0.717, 1.165) is 0 Å². The van der Waals surface area contributed by atoms with E-state index in [1.165, 1.54) is 36.4 Å². The molecule has 2 aliphatic rings. The minimum Gasteiger partial charge on any atom is -0.480 e. The van der Waals surface area contributed by atoms with Gasteiger partial charge in [-0.1, -0.05) is 46.9 Å². The van der Waals surface area contributed by atoms with Crippen molar-refractivity contribution in [1.29, 1.82) is 0 Å². The maximum Gasteiger partial charge on any atom is 0.325 e. The highest BCUT2D eigenvalue weighted by atomic mass is 35.5. The maximum absolute atomic E-state index is 12.7. The molecule has 0 aliphatic carbocycles. The van der Waals surface area contributed by atoms with Crippen LogP contribution in [0.2, 0.25) is 15.1 Å². The molecule has 0 bridgehead atoms. The fraction of sp³-hybridized carbons (Fsp3) is 0.250. The lowest BCUT2D eigenvalue weighted by molar-refractivity contribution is -0.384. The number of rotatable bonds is 5. The van der Waals surface area contributed by atoms with Gasteiger partial charge in [-0.25, -0.2) is 0 Å². The average molecular weight is 499 g/mol. The van der Waals surface area contributed by atoms with Gasteiger partial charge in [-0.3, -0.25) is 35.1 Å². The molecule has 32 heavy (non-hydrogen) atoms. The maximum atomic E-state index is 12.7. The molecule has 166 valence electrons. The number of hydrogen-bond donors (Lipinski definition) is 3. The highest BCUT2D eigenvalue weighted by Crippen LogP contribution is 2.50. The number of carbonyl (C=O) groups excluding carboxylic acids is 2. The zero-order valence-corrected chi connectivity index (χ0v) is 18.2. The monoisotopic (exact) mass is 497 g/mol. The summed E-state index contributed by atoms with van der Waals surface area (Å²) in [5.41, 5.74) is -1.34. The van der Waals surface area contributed by atoms with Gasteiger partial charge >= 0.3 is 5.97 Å². The average Bonchev–Trinajstić information content (AvgIpc) is 3.22. The minimum absolute atomic E-state index is 0.0796. The van der Waals surface area contributed by atoms with Crippen LogP contribution in [0.4, 0.5) is 5.69 Å². The number of carboxylic acid groups (broad SMARTS) is 1. The highest BCUT2D eigenvalue weighted by Gasteiger charge is 2.66. The SMILES string of the molecule is O=C1NC(=O)C2C1C(c1cc(Cl)cc(Cl)c1Cl)NC2(Cc1ccc([N+](=O)[O-])cc1)C(=O)O. The number of hydrogen-bond acceptors (Lipinski definition) is 6. The molecule has 9 nitrogen and oxygen atoms in total. The van der Waals surface area contributed by atoms with Crippen molar-refractivity contribution >= 4 is 58.3 Å². The lowest BCUT2D eigenvalue weighted by Gasteiger charge is -2.30. The number of nitrogens with one attached hydrogen (secondary N) is 2. The first-order chi connectivity index (χ1) is 15.0. The molecule has 2 saturated heterocycles. The molecule has 2 heterocycles. The van der Waals surface area contributed by atoms with Crippen molar-refractivity contribution in [3.63, 3.8) is 0 Å². The number of amides is 2. The predicted molar refractivity (Wildman–Crippen MR) is 115 cm³/mol. The smallest absolute Gasteiger partial charge is 0.325 e. The van der Waals surface area contributed by atoms with Gasteiger partial charge in [0.1, 0.15) is 5.54 Å². The molecule has 4 atom stereocenters. The Kier molecular flexibility index (Phi) is 5.62. The summed E-state index contributed by atoms with van der Waals surface area (Å²) >= 11 is 18.6. The first-order valence-electron chi connectivity index (χ1n) is 9.28. The molecular formula is C20H14Cl3N3O6. The van der Waals surface area contributed by atoms with Crippen molar-refractivity contribution in [1.82, 2.24) is 10.6 Å². The number of non-ortho nitro benzene ring substituents is 1. The van der Waals surface area contributed by atoms with Crippen molar-refractivity contribution in [2.75, 3.05) is 0 Å². The van der Waals surface area contributed by atoms with E-state index in [1.807, 2.05) is 0 Å². The summed E-state index contributed by atoms with van der Waals surface area (Å²) in [6.07, 6.45) is -0.218. The number of nitro groups is 1. The van der Waals surface area contributed by atoms with Crippen molar-refractivity contribution in [2.45, 2.75) is 18.0 Å². The molecular weight excluding hydrogens is 485 g/mol. The number of nitro benzene ring substituents is 1. The number of carbonyl (C=O) groups is 3. The Labute approximate surface area is 195 Å². The number of nitrogens with zero attached hydrogens (tertiary/aromatic N) is 1. The third-order valence-electron chi connectivity index (χ3n) is 5.86. The fourth-order valence-electron chi connectivity index (χ4n) is 4.49. The molecule has 3 N–H and O–H groups in total. The zero-order valence-electron chi connectivity index (χ0n) is 16.0. The Morgan fingerprint density at radius 1 is 1.12 bits per heavy atom. The third kappa shape index (κ3) is 3.51. The lowest BCUT2D eigenvalue weighted by atomic mass is 9.76. The van der Waals surface area contributed by atoms with Crippen molar-refractivity contribution in [2.24, 2.45) is 11.8 Å². The van der Waals surface area contributed by atoms with Gasteiger partial charge < -0.3 is 5.11 Å². The van der Waals surface area contributed by atoms with Crippen LogP contribution in [0.1, 0.15) is 17.2 Å². The predicted octanol–water partition coefficient (Wildman–Crippen LogP) is 3.15. The van der Waals surface area contributed by atoms with Crippen LogP contribution in [0.3, 0.4) is 0 Å². The van der Waals surface area contributed by atoms with Crippen LogP contribution in [0, 0.1) is 22.0 Å². The number of fused-ring (bicyclic) bond motifs is 1. The van der Waals surface area contributed by atoms with Crippen molar-refractivity contribution < 1.29 is 24.4 Å². The van der Waals surface area contributed by atoms with Crippen LogP contribution in [0.15, 0.2) is 36.4 Å². The quantitative estimate of drug-likeness (QED) is 0.249. The van der Waals surface area contributed by atoms with Crippen LogP contribution < -0.4 is 10.6 Å². The highest BCUT2D eigenvalue weighted by molar-refractivity contribution is 6.43. The summed E-state index contributed by atoms with van der Waals surface area (Å²) in [6, 6.07) is 7.19. The second-order valence-corrected chi connectivity index (χ2v) is 8.87. The van der Waals surface area contributed by atoms with Crippen LogP contribution in [0.5, 0.6) is 0 Å². The lowest BCUT2D eigenvalue weighted by Crippen LogP contribution is -2.57. The molecule has 0 radical (unpaired) electrons. The number of benzene rings is 2. The van der Waals surface area contributed by atoms with Gasteiger partial charge in [0.2, 0.25) is 11.8 Å². The van der Waals surface area contributed by atoms with Gasteiger partial charge in [0.15, 0.2) is 0 Å². The van der Waals surface area contributed by atoms with E-state index in [-0.39, 0.29) is 32.7 Å². The second kappa shape index (κ2) is 8.00. The van der Waals surface area contributed by atoms with E-state index in [2.05, 4.69) is 10.6 Å². The molecule has 0 spiro atoms. The van der Waals surface area contributed by atoms with E-state index in [1.54, 1.807) is 0 Å². The normalized spacial score (nSPS) is 26.7. The molecule has 2 aliphatic heterocycles. The standard InChI is InChI=1S/C20H14Cl3N3O6/c21-9-5-11(15(23)12(22)6-9)16-13-14(18(28)24-17(13)27)20(25-16,19(29)30)7-8-1-3-10(4-2-8)26(31)32/h1-6,13-14,16,25H,7H2,(H,29,30)(H,24,27,28). The summed E-state index contributed by atoms with van der Waals surface area (Å²) in [5.74, 6) is -5.08. The largest absolute Gasteiger partial charge is 0.480 e. The minimum atomic E-state index is -1.89. The van der Waals surface area contributed by atoms with Crippen LogP contribution in [-0.4, -0.2) is 33.4 Å². The first kappa shape index (κ1) is 22.5. The van der Waals surface area contributed by atoms with Gasteiger partial charge in [-0.15, -0.1) is 0 Å². The fourth-order valence-corrected chi connectivity index (χ4v) is 5.23. The Hall–Kier alpha value is -2.72. The van der Waals surface area contributed by atoms with E-state index < -0.39 is 46.1 Å². The number of imide groups is 1. The molecule has 2 amide bonds.